The molecule has 0 aromatic heterocycles. The molecule has 1 fully saturated rings. The Morgan fingerprint density at radius 2 is 1.23 bits per heavy atom. The number of rotatable bonds is 6. The van der Waals surface area contributed by atoms with Crippen LogP contribution in [-0.4, -0.2) is 15.0 Å². The molecule has 1 heterocycles. The summed E-state index contributed by atoms with van der Waals surface area (Å²) in [6.07, 6.45) is 0.464. The highest BCUT2D eigenvalue weighted by molar-refractivity contribution is 7.89. The lowest BCUT2D eigenvalue weighted by atomic mass is 9.74. The normalized spacial score (nSPS) is 22.5. The van der Waals surface area contributed by atoms with E-state index < -0.39 is 15.7 Å². The van der Waals surface area contributed by atoms with Gasteiger partial charge in [-0.25, -0.2) is 8.42 Å². The third kappa shape index (κ3) is 4.94. The van der Waals surface area contributed by atoms with Gasteiger partial charge in [0.2, 0.25) is 10.0 Å². The molecule has 178 valence electrons. The number of benzene rings is 4. The van der Waals surface area contributed by atoms with E-state index in [2.05, 4.69) is 29.0 Å². The number of sulfonamides is 1. The van der Waals surface area contributed by atoms with Gasteiger partial charge >= 0.3 is 0 Å². The average Bonchev–Trinajstić information content (AvgIpc) is 2.90. The van der Waals surface area contributed by atoms with E-state index in [1.165, 1.54) is 11.1 Å². The van der Waals surface area contributed by atoms with Gasteiger partial charge in [-0.3, -0.25) is 0 Å². The van der Waals surface area contributed by atoms with Crippen LogP contribution < -0.4 is 4.72 Å². The molecule has 3 atom stereocenters. The minimum absolute atomic E-state index is 0.0493. The number of hydrogen-bond donors (Lipinski definition) is 1. The summed E-state index contributed by atoms with van der Waals surface area (Å²) in [5.74, 6) is 0.146. The van der Waals surface area contributed by atoms with Crippen LogP contribution in [0.5, 0.6) is 0 Å². The first-order valence-corrected chi connectivity index (χ1v) is 13.4. The lowest BCUT2D eigenvalue weighted by molar-refractivity contribution is -0.109. The van der Waals surface area contributed by atoms with E-state index in [1.54, 1.807) is 12.1 Å². The van der Waals surface area contributed by atoms with Crippen molar-refractivity contribution in [2.24, 2.45) is 0 Å². The van der Waals surface area contributed by atoms with Gasteiger partial charge in [0, 0.05) is 12.3 Å². The minimum Gasteiger partial charge on any atom is -0.355 e. The Hall–Kier alpha value is -3.25. The summed E-state index contributed by atoms with van der Waals surface area (Å²) < 4.78 is 36.7. The summed E-state index contributed by atoms with van der Waals surface area (Å²) in [6, 6.07) is 37.2. The predicted octanol–water partition coefficient (Wildman–Crippen LogP) is 6.11. The maximum atomic E-state index is 13.6. The van der Waals surface area contributed by atoms with E-state index in [4.69, 9.17) is 4.74 Å². The Kier molecular flexibility index (Phi) is 6.56. The highest BCUT2D eigenvalue weighted by Crippen LogP contribution is 2.48. The topological polar surface area (TPSA) is 55.4 Å². The first-order chi connectivity index (χ1) is 17.0. The van der Waals surface area contributed by atoms with Crippen molar-refractivity contribution in [3.05, 3.63) is 138 Å². The Bertz CT molecular complexity index is 1360. The van der Waals surface area contributed by atoms with Crippen LogP contribution in [0.4, 0.5) is 0 Å². The summed E-state index contributed by atoms with van der Waals surface area (Å²) >= 11 is 0. The van der Waals surface area contributed by atoms with Crippen LogP contribution in [0.2, 0.25) is 0 Å². The first-order valence-electron chi connectivity index (χ1n) is 11.9. The van der Waals surface area contributed by atoms with Crippen molar-refractivity contribution in [1.82, 2.24) is 4.72 Å². The van der Waals surface area contributed by atoms with Crippen molar-refractivity contribution < 1.29 is 13.2 Å². The van der Waals surface area contributed by atoms with Crippen LogP contribution in [0.15, 0.2) is 120 Å². The largest absolute Gasteiger partial charge is 0.355 e. The van der Waals surface area contributed by atoms with Crippen LogP contribution >= 0.6 is 0 Å². The fraction of sp³-hybridized carbons (Fsp3) is 0.200. The molecule has 1 aliphatic heterocycles. The van der Waals surface area contributed by atoms with Crippen molar-refractivity contribution >= 4 is 10.0 Å². The van der Waals surface area contributed by atoms with Gasteiger partial charge < -0.3 is 4.74 Å². The van der Waals surface area contributed by atoms with Crippen LogP contribution in [0.1, 0.15) is 40.5 Å². The van der Waals surface area contributed by atoms with Crippen molar-refractivity contribution in [2.45, 2.75) is 35.8 Å². The molecule has 0 saturated carbocycles. The number of nitrogens with one attached hydrogen (secondary N) is 1. The summed E-state index contributed by atoms with van der Waals surface area (Å²) in [4.78, 5) is 0.225. The lowest BCUT2D eigenvalue weighted by Gasteiger charge is -2.45. The van der Waals surface area contributed by atoms with Gasteiger partial charge in [-0.2, -0.15) is 4.72 Å². The number of aryl methyl sites for hydroxylation is 1. The smallest absolute Gasteiger partial charge is 0.243 e. The van der Waals surface area contributed by atoms with Gasteiger partial charge in [-0.1, -0.05) is 109 Å². The molecule has 0 unspecified atom stereocenters. The Labute approximate surface area is 207 Å². The van der Waals surface area contributed by atoms with E-state index in [1.807, 2.05) is 85.8 Å². The molecule has 1 saturated heterocycles. The van der Waals surface area contributed by atoms with E-state index in [-0.39, 0.29) is 16.7 Å². The fourth-order valence-electron chi connectivity index (χ4n) is 4.97. The van der Waals surface area contributed by atoms with Crippen molar-refractivity contribution in [3.63, 3.8) is 0 Å². The third-order valence-electron chi connectivity index (χ3n) is 6.83. The summed E-state index contributed by atoms with van der Waals surface area (Å²) in [5.41, 5.74) is 2.95. The van der Waals surface area contributed by atoms with E-state index in [0.717, 1.165) is 11.1 Å². The molecule has 0 radical (unpaired) electrons. The summed E-state index contributed by atoms with van der Waals surface area (Å²) in [7, 11) is -3.85. The molecule has 1 aliphatic rings. The van der Waals surface area contributed by atoms with Gasteiger partial charge in [-0.05, 0) is 41.7 Å². The Morgan fingerprint density at radius 1 is 0.714 bits per heavy atom. The number of ether oxygens (including phenoxy) is 1. The average molecular weight is 484 g/mol. The molecule has 4 nitrogen and oxygen atoms in total. The molecule has 4 aromatic carbocycles. The maximum Gasteiger partial charge on any atom is 0.243 e. The van der Waals surface area contributed by atoms with Gasteiger partial charge in [0.1, 0.15) is 0 Å². The van der Waals surface area contributed by atoms with Gasteiger partial charge in [0.05, 0.1) is 11.5 Å². The predicted molar refractivity (Wildman–Crippen MR) is 139 cm³/mol. The first kappa shape index (κ1) is 23.5. The van der Waals surface area contributed by atoms with E-state index in [0.29, 0.717) is 13.0 Å². The SMILES string of the molecule is Cc1ccc(S(=O)(=O)N[C@]2(c3ccccc3)C[C@@H](c3ccccc3)[C@@H](c3ccccc3)CO2)cc1. The van der Waals surface area contributed by atoms with Crippen LogP contribution in [0, 0.1) is 6.92 Å². The zero-order valence-electron chi connectivity index (χ0n) is 19.7. The Morgan fingerprint density at radius 3 is 1.80 bits per heavy atom. The van der Waals surface area contributed by atoms with Crippen LogP contribution in [0.3, 0.4) is 0 Å². The fourth-order valence-corrected chi connectivity index (χ4v) is 6.28. The standard InChI is InChI=1S/C30H29NO3S/c1-23-17-19-27(20-18-23)35(32,33)31-30(26-15-9-4-10-16-26)21-28(24-11-5-2-6-12-24)29(22-34-30)25-13-7-3-8-14-25/h2-20,28-29,31H,21-22H2,1H3/t28-,29+,30+/m0/s1. The molecular formula is C30H29NO3S. The van der Waals surface area contributed by atoms with Gasteiger partial charge in [-0.15, -0.1) is 0 Å². The molecule has 0 amide bonds. The lowest BCUT2D eigenvalue weighted by Crippen LogP contribution is -2.52. The zero-order valence-corrected chi connectivity index (χ0v) is 20.5. The molecule has 0 aliphatic carbocycles. The second-order valence-electron chi connectivity index (χ2n) is 9.16. The van der Waals surface area contributed by atoms with Gasteiger partial charge in [0.15, 0.2) is 5.72 Å². The van der Waals surface area contributed by atoms with E-state index in [9.17, 15) is 8.42 Å². The molecule has 1 N–H and O–H groups in total. The summed E-state index contributed by atoms with van der Waals surface area (Å²) in [6.45, 7) is 2.32. The molecule has 5 heteroatoms. The minimum atomic E-state index is -3.85. The second-order valence-corrected chi connectivity index (χ2v) is 10.8. The van der Waals surface area contributed by atoms with Crippen LogP contribution in [-0.2, 0) is 20.5 Å². The molecular weight excluding hydrogens is 454 g/mol. The highest BCUT2D eigenvalue weighted by atomic mass is 32.2. The highest BCUT2D eigenvalue weighted by Gasteiger charge is 2.46. The monoisotopic (exact) mass is 483 g/mol. The Balaban J connectivity index is 1.59. The van der Waals surface area contributed by atoms with Crippen molar-refractivity contribution in [1.29, 1.82) is 0 Å². The molecule has 35 heavy (non-hydrogen) atoms. The molecule has 0 spiro atoms. The number of hydrogen-bond acceptors (Lipinski definition) is 3. The van der Waals surface area contributed by atoms with Crippen LogP contribution in [0.25, 0.3) is 0 Å². The molecule has 5 rings (SSSR count). The summed E-state index contributed by atoms with van der Waals surface area (Å²) in [5, 5.41) is 0. The third-order valence-corrected chi connectivity index (χ3v) is 8.32. The van der Waals surface area contributed by atoms with Crippen molar-refractivity contribution in [3.8, 4) is 0 Å². The van der Waals surface area contributed by atoms with Crippen molar-refractivity contribution in [2.75, 3.05) is 6.61 Å². The zero-order chi connectivity index (χ0) is 24.3. The maximum absolute atomic E-state index is 13.6. The molecule has 4 aromatic rings. The molecule has 0 bridgehead atoms. The van der Waals surface area contributed by atoms with Gasteiger partial charge in [0.25, 0.3) is 0 Å². The quantitative estimate of drug-likeness (QED) is 0.360. The second kappa shape index (κ2) is 9.78. The van der Waals surface area contributed by atoms with E-state index >= 15 is 0 Å².